The normalized spacial score (nSPS) is 19.2. The van der Waals surface area contributed by atoms with Crippen molar-refractivity contribution in [1.29, 1.82) is 0 Å². The van der Waals surface area contributed by atoms with E-state index in [2.05, 4.69) is 42.0 Å². The zero-order chi connectivity index (χ0) is 24.7. The van der Waals surface area contributed by atoms with Crippen LogP contribution in [-0.4, -0.2) is 38.3 Å². The van der Waals surface area contributed by atoms with Crippen LogP contribution in [-0.2, 0) is 10.0 Å². The molecule has 0 aromatic heterocycles. The fourth-order valence-electron chi connectivity index (χ4n) is 4.37. The first-order valence-corrected chi connectivity index (χ1v) is 15.1. The van der Waals surface area contributed by atoms with E-state index in [4.69, 9.17) is 0 Å². The summed E-state index contributed by atoms with van der Waals surface area (Å²) in [7, 11) is -3.67. The summed E-state index contributed by atoms with van der Waals surface area (Å²) < 4.78 is 29.5. The maximum absolute atomic E-state index is 13.5. The molecule has 186 valence electrons. The van der Waals surface area contributed by atoms with Crippen molar-refractivity contribution in [2.75, 3.05) is 19.6 Å². The van der Waals surface area contributed by atoms with Crippen molar-refractivity contribution in [3.05, 3.63) is 52.5 Å². The van der Waals surface area contributed by atoms with Gasteiger partial charge in [-0.05, 0) is 67.1 Å². The lowest BCUT2D eigenvalue weighted by molar-refractivity contribution is 0.0949. The third-order valence-corrected chi connectivity index (χ3v) is 9.47. The Bertz CT molecular complexity index is 1060. The maximum atomic E-state index is 13.5. The lowest BCUT2D eigenvalue weighted by Crippen LogP contribution is -2.42. The molecule has 0 spiro atoms. The van der Waals surface area contributed by atoms with Gasteiger partial charge in [0.15, 0.2) is 0 Å². The Labute approximate surface area is 217 Å². The van der Waals surface area contributed by atoms with Crippen LogP contribution >= 0.6 is 27.7 Å². The zero-order valence-electron chi connectivity index (χ0n) is 20.2. The highest BCUT2D eigenvalue weighted by atomic mass is 79.9. The molecule has 1 amide bonds. The molecule has 0 unspecified atom stereocenters. The molecule has 2 aromatic carbocycles. The number of carbonyl (C=O) groups excluding carboxylic acids is 1. The number of hydrogen-bond acceptors (Lipinski definition) is 4. The second-order valence-electron chi connectivity index (χ2n) is 9.30. The van der Waals surface area contributed by atoms with Crippen molar-refractivity contribution in [3.8, 4) is 0 Å². The quantitative estimate of drug-likeness (QED) is 0.330. The number of benzene rings is 2. The van der Waals surface area contributed by atoms with Gasteiger partial charge in [-0.25, -0.2) is 8.42 Å². The number of sulfonamides is 1. The zero-order valence-corrected chi connectivity index (χ0v) is 23.4. The maximum Gasteiger partial charge on any atom is 0.252 e. The van der Waals surface area contributed by atoms with Gasteiger partial charge in [-0.15, -0.1) is 0 Å². The number of carbonyl (C=O) groups is 1. The predicted octanol–water partition coefficient (Wildman–Crippen LogP) is 6.58. The minimum atomic E-state index is -3.67. The van der Waals surface area contributed by atoms with Crippen LogP contribution in [0.15, 0.2) is 61.6 Å². The fourth-order valence-corrected chi connectivity index (χ4v) is 7.26. The van der Waals surface area contributed by atoms with Crippen LogP contribution < -0.4 is 5.32 Å². The third-order valence-electron chi connectivity index (χ3n) is 6.03. The number of halogens is 1. The predicted molar refractivity (Wildman–Crippen MR) is 143 cm³/mol. The van der Waals surface area contributed by atoms with Crippen LogP contribution in [0.2, 0.25) is 0 Å². The lowest BCUT2D eigenvalue weighted by Gasteiger charge is -2.34. The minimum absolute atomic E-state index is 0.185. The highest BCUT2D eigenvalue weighted by Crippen LogP contribution is 2.34. The van der Waals surface area contributed by atoms with Crippen LogP contribution in [0.5, 0.6) is 0 Å². The number of hydrogen-bond donors (Lipinski definition) is 1. The molecule has 0 saturated carbocycles. The van der Waals surface area contributed by atoms with Crippen molar-refractivity contribution in [3.63, 3.8) is 0 Å². The Hall–Kier alpha value is -1.35. The number of rotatable bonds is 10. The Morgan fingerprint density at radius 2 is 1.74 bits per heavy atom. The minimum Gasteiger partial charge on any atom is -0.352 e. The van der Waals surface area contributed by atoms with Gasteiger partial charge in [0, 0.05) is 33.9 Å². The van der Waals surface area contributed by atoms with E-state index in [0.717, 1.165) is 46.4 Å². The van der Waals surface area contributed by atoms with Crippen LogP contribution in [0.4, 0.5) is 0 Å². The van der Waals surface area contributed by atoms with Gasteiger partial charge in [-0.2, -0.15) is 4.31 Å². The van der Waals surface area contributed by atoms with Crippen molar-refractivity contribution in [2.45, 2.75) is 67.6 Å². The molecular weight excluding hydrogens is 532 g/mol. The average molecular weight is 568 g/mol. The summed E-state index contributed by atoms with van der Waals surface area (Å²) in [5.74, 6) is 0.404. The summed E-state index contributed by atoms with van der Waals surface area (Å²) in [6, 6.07) is 12.8. The van der Waals surface area contributed by atoms with E-state index in [1.54, 1.807) is 22.5 Å². The summed E-state index contributed by atoms with van der Waals surface area (Å²) in [5, 5.41) is 3.00. The Kier molecular flexibility index (Phi) is 10.1. The molecule has 34 heavy (non-hydrogen) atoms. The summed E-state index contributed by atoms with van der Waals surface area (Å²) in [5.41, 5.74) is 0.405. The SMILES string of the molecule is CCCCCCNC(=O)c1cc(S(=O)(=O)N2C[C@H](C)C[C@@H](C)C2)ccc1Sc1ccc(Br)cc1. The van der Waals surface area contributed by atoms with E-state index >= 15 is 0 Å². The largest absolute Gasteiger partial charge is 0.352 e. The van der Waals surface area contributed by atoms with Crippen LogP contribution in [0.25, 0.3) is 0 Å². The second kappa shape index (κ2) is 12.6. The van der Waals surface area contributed by atoms with Crippen molar-refractivity contribution in [2.24, 2.45) is 11.8 Å². The molecule has 5 nitrogen and oxygen atoms in total. The monoisotopic (exact) mass is 566 g/mol. The smallest absolute Gasteiger partial charge is 0.252 e. The third kappa shape index (κ3) is 7.33. The van der Waals surface area contributed by atoms with Gasteiger partial charge in [-0.1, -0.05) is 67.7 Å². The summed E-state index contributed by atoms with van der Waals surface area (Å²) in [4.78, 5) is 15.1. The van der Waals surface area contributed by atoms with Gasteiger partial charge in [0.05, 0.1) is 10.5 Å². The highest BCUT2D eigenvalue weighted by molar-refractivity contribution is 9.10. The molecule has 8 heteroatoms. The first kappa shape index (κ1) is 27.2. The van der Waals surface area contributed by atoms with E-state index in [1.165, 1.54) is 11.8 Å². The first-order valence-electron chi connectivity index (χ1n) is 12.1. The molecule has 0 bridgehead atoms. The fraction of sp³-hybridized carbons (Fsp3) is 0.500. The molecule has 1 N–H and O–H groups in total. The summed E-state index contributed by atoms with van der Waals surface area (Å²) in [6.07, 6.45) is 5.28. The summed E-state index contributed by atoms with van der Waals surface area (Å²) in [6.45, 7) is 7.95. The van der Waals surface area contributed by atoms with E-state index in [1.807, 2.05) is 24.3 Å². The van der Waals surface area contributed by atoms with Crippen LogP contribution in [0, 0.1) is 11.8 Å². The van der Waals surface area contributed by atoms with E-state index in [0.29, 0.717) is 37.0 Å². The summed E-state index contributed by atoms with van der Waals surface area (Å²) >= 11 is 4.91. The van der Waals surface area contributed by atoms with Crippen LogP contribution in [0.1, 0.15) is 63.2 Å². The topological polar surface area (TPSA) is 66.5 Å². The number of unbranched alkanes of at least 4 members (excludes halogenated alkanes) is 3. The molecule has 1 aliphatic heterocycles. The first-order chi connectivity index (χ1) is 16.2. The van der Waals surface area contributed by atoms with E-state index in [9.17, 15) is 13.2 Å². The molecule has 1 aliphatic rings. The number of amides is 1. The van der Waals surface area contributed by atoms with Gasteiger partial charge in [0.2, 0.25) is 10.0 Å². The van der Waals surface area contributed by atoms with Crippen molar-refractivity contribution < 1.29 is 13.2 Å². The lowest BCUT2D eigenvalue weighted by atomic mass is 9.94. The van der Waals surface area contributed by atoms with Gasteiger partial charge in [0.1, 0.15) is 0 Å². The number of piperidine rings is 1. The number of nitrogens with one attached hydrogen (secondary N) is 1. The molecule has 0 radical (unpaired) electrons. The molecule has 2 aromatic rings. The van der Waals surface area contributed by atoms with Crippen molar-refractivity contribution in [1.82, 2.24) is 9.62 Å². The highest BCUT2D eigenvalue weighted by Gasteiger charge is 2.32. The number of nitrogens with zero attached hydrogens (tertiary/aromatic N) is 1. The average Bonchev–Trinajstić information content (AvgIpc) is 2.80. The van der Waals surface area contributed by atoms with E-state index in [-0.39, 0.29) is 10.8 Å². The van der Waals surface area contributed by atoms with Gasteiger partial charge >= 0.3 is 0 Å². The Morgan fingerprint density at radius 3 is 2.38 bits per heavy atom. The Balaban J connectivity index is 1.89. The molecule has 3 rings (SSSR count). The molecule has 1 fully saturated rings. The van der Waals surface area contributed by atoms with Gasteiger partial charge in [0.25, 0.3) is 5.91 Å². The molecule has 1 heterocycles. The molecule has 2 atom stereocenters. The van der Waals surface area contributed by atoms with Gasteiger partial charge in [-0.3, -0.25) is 4.79 Å². The van der Waals surface area contributed by atoms with E-state index < -0.39 is 10.0 Å². The molecule has 1 saturated heterocycles. The van der Waals surface area contributed by atoms with Crippen LogP contribution in [0.3, 0.4) is 0 Å². The standard InChI is InChI=1S/C26H35BrN2O3S2/c1-4-5-6-7-14-28-26(30)24-16-23(34(31,32)29-17-19(2)15-20(3)18-29)12-13-25(24)33-22-10-8-21(27)9-11-22/h8-13,16,19-20H,4-7,14-15,17-18H2,1-3H3,(H,28,30)/t19-,20-/m1/s1. The van der Waals surface area contributed by atoms with Crippen molar-refractivity contribution >= 4 is 43.6 Å². The second-order valence-corrected chi connectivity index (χ2v) is 13.3. The molecular formula is C26H35BrN2O3S2. The molecule has 0 aliphatic carbocycles. The Morgan fingerprint density at radius 1 is 1.06 bits per heavy atom. The van der Waals surface area contributed by atoms with Gasteiger partial charge < -0.3 is 5.32 Å².